The first-order chi connectivity index (χ1) is 9.47. The second-order valence-corrected chi connectivity index (χ2v) is 8.41. The van der Waals surface area contributed by atoms with E-state index in [9.17, 15) is 0 Å². The summed E-state index contributed by atoms with van der Waals surface area (Å²) in [5.74, 6) is 1.44. The zero-order valence-corrected chi connectivity index (χ0v) is 14.4. The van der Waals surface area contributed by atoms with Crippen molar-refractivity contribution in [1.82, 2.24) is 0 Å². The summed E-state index contributed by atoms with van der Waals surface area (Å²) in [5.41, 5.74) is 1.54. The first-order valence-corrected chi connectivity index (χ1v) is 8.66. The molecule has 0 fully saturated rings. The van der Waals surface area contributed by atoms with Crippen molar-refractivity contribution in [2.75, 3.05) is 6.61 Å². The zero-order valence-electron chi connectivity index (χ0n) is 12.0. The van der Waals surface area contributed by atoms with E-state index in [0.717, 1.165) is 12.4 Å². The number of benzene rings is 1. The Labute approximate surface area is 133 Å². The van der Waals surface area contributed by atoms with Gasteiger partial charge in [-0.15, -0.1) is 11.3 Å². The van der Waals surface area contributed by atoms with Gasteiger partial charge in [-0.1, -0.05) is 54.9 Å². The van der Waals surface area contributed by atoms with Gasteiger partial charge in [0.1, 0.15) is 5.75 Å². The predicted molar refractivity (Wildman–Crippen MR) is 89.4 cm³/mol. The fraction of sp³-hybridized carbons (Fsp3) is 0.412. The smallest absolute Gasteiger partial charge is 0.122 e. The normalized spacial score (nSPS) is 19.5. The van der Waals surface area contributed by atoms with Crippen LogP contribution in [0.2, 0.25) is 0 Å². The van der Waals surface area contributed by atoms with Crippen LogP contribution in [0.3, 0.4) is 0 Å². The molecule has 106 valence electrons. The Morgan fingerprint density at radius 3 is 2.65 bits per heavy atom. The Kier molecular flexibility index (Phi) is 3.67. The maximum absolute atomic E-state index is 5.80. The average molecular weight is 351 g/mol. The molecule has 0 aliphatic carbocycles. The quantitative estimate of drug-likeness (QED) is 0.635. The minimum Gasteiger partial charge on any atom is -0.493 e. The molecule has 3 heteroatoms. The second kappa shape index (κ2) is 5.19. The lowest BCUT2D eigenvalue weighted by molar-refractivity contribution is 0.330. The van der Waals surface area contributed by atoms with Crippen molar-refractivity contribution in [3.63, 3.8) is 0 Å². The number of ether oxygens (including phenoxy) is 1. The molecule has 0 spiro atoms. The number of rotatable bonds is 2. The maximum atomic E-state index is 5.80. The lowest BCUT2D eigenvalue weighted by Gasteiger charge is -2.17. The van der Waals surface area contributed by atoms with Crippen LogP contribution in [0.25, 0.3) is 0 Å². The lowest BCUT2D eigenvalue weighted by Crippen LogP contribution is -2.08. The van der Waals surface area contributed by atoms with Crippen molar-refractivity contribution in [3.05, 3.63) is 51.7 Å². The first kappa shape index (κ1) is 14.2. The Morgan fingerprint density at radius 2 is 1.95 bits per heavy atom. The molecule has 2 unspecified atom stereocenters. The summed E-state index contributed by atoms with van der Waals surface area (Å²) in [6, 6.07) is 12.9. The summed E-state index contributed by atoms with van der Waals surface area (Å²) < 4.78 is 5.80. The van der Waals surface area contributed by atoms with Crippen LogP contribution in [-0.4, -0.2) is 6.61 Å². The van der Waals surface area contributed by atoms with Crippen LogP contribution in [-0.2, 0) is 5.41 Å². The molecule has 2 aromatic rings. The Hall–Kier alpha value is -0.800. The molecule has 1 aliphatic heterocycles. The molecule has 1 aromatic heterocycles. The van der Waals surface area contributed by atoms with Gasteiger partial charge >= 0.3 is 0 Å². The van der Waals surface area contributed by atoms with Crippen molar-refractivity contribution in [2.45, 2.75) is 36.9 Å². The van der Waals surface area contributed by atoms with Crippen LogP contribution >= 0.6 is 27.3 Å². The highest BCUT2D eigenvalue weighted by atomic mass is 79.9. The van der Waals surface area contributed by atoms with Crippen molar-refractivity contribution in [2.24, 2.45) is 0 Å². The average Bonchev–Trinajstić information content (AvgIpc) is 3.04. The third-order valence-electron chi connectivity index (χ3n) is 3.73. The summed E-state index contributed by atoms with van der Waals surface area (Å²) in [6.45, 7) is 7.55. The summed E-state index contributed by atoms with van der Waals surface area (Å²) in [6.07, 6.45) is 0. The van der Waals surface area contributed by atoms with Gasteiger partial charge in [0.05, 0.1) is 11.4 Å². The lowest BCUT2D eigenvalue weighted by atomic mass is 9.94. The Bertz CT molecular complexity index is 611. The maximum Gasteiger partial charge on any atom is 0.122 e. The van der Waals surface area contributed by atoms with Gasteiger partial charge in [0.2, 0.25) is 0 Å². The van der Waals surface area contributed by atoms with Gasteiger partial charge in [-0.25, -0.2) is 0 Å². The first-order valence-electron chi connectivity index (χ1n) is 6.93. The van der Waals surface area contributed by atoms with Gasteiger partial charge in [0.15, 0.2) is 0 Å². The van der Waals surface area contributed by atoms with Crippen molar-refractivity contribution in [1.29, 1.82) is 0 Å². The molecule has 0 saturated carbocycles. The number of fused-ring (bicyclic) bond motifs is 1. The van der Waals surface area contributed by atoms with Crippen LogP contribution in [0.5, 0.6) is 5.75 Å². The van der Waals surface area contributed by atoms with E-state index in [1.165, 1.54) is 15.3 Å². The van der Waals surface area contributed by atoms with E-state index in [4.69, 9.17) is 4.74 Å². The summed E-state index contributed by atoms with van der Waals surface area (Å²) in [4.78, 5) is 3.15. The van der Waals surface area contributed by atoms with E-state index in [1.807, 2.05) is 17.4 Å². The van der Waals surface area contributed by atoms with Crippen molar-refractivity contribution >= 4 is 27.3 Å². The van der Waals surface area contributed by atoms with Crippen LogP contribution < -0.4 is 4.74 Å². The number of thiophene rings is 1. The molecule has 20 heavy (non-hydrogen) atoms. The molecule has 0 amide bonds. The molecule has 0 bridgehead atoms. The molecular weight excluding hydrogens is 332 g/mol. The molecule has 2 heterocycles. The zero-order chi connectivity index (χ0) is 14.3. The molecular formula is C17H19BrOS. The fourth-order valence-electron chi connectivity index (χ4n) is 2.53. The van der Waals surface area contributed by atoms with E-state index in [1.54, 1.807) is 0 Å². The summed E-state index contributed by atoms with van der Waals surface area (Å²) in [5, 5.41) is 0. The van der Waals surface area contributed by atoms with Crippen LogP contribution in [0.4, 0.5) is 0 Å². The van der Waals surface area contributed by atoms with Gasteiger partial charge in [-0.05, 0) is 23.6 Å². The molecule has 1 aromatic carbocycles. The SMILES string of the molecule is CC(C)(C)c1ccc(C(Br)C2COc3ccccc32)s1. The number of hydrogen-bond acceptors (Lipinski definition) is 2. The molecule has 3 rings (SSSR count). The molecule has 0 N–H and O–H groups in total. The topological polar surface area (TPSA) is 9.23 Å². The van der Waals surface area contributed by atoms with Gasteiger partial charge in [0.25, 0.3) is 0 Å². The van der Waals surface area contributed by atoms with Gasteiger partial charge in [-0.3, -0.25) is 0 Å². The number of halogens is 1. The molecule has 1 aliphatic rings. The van der Waals surface area contributed by atoms with E-state index < -0.39 is 0 Å². The van der Waals surface area contributed by atoms with E-state index >= 15 is 0 Å². The molecule has 2 atom stereocenters. The minimum atomic E-state index is 0.222. The molecule has 0 radical (unpaired) electrons. The third-order valence-corrected chi connectivity index (χ3v) is 6.76. The van der Waals surface area contributed by atoms with Crippen molar-refractivity contribution in [3.8, 4) is 5.75 Å². The predicted octanol–water partition coefficient (Wildman–Crippen LogP) is 5.66. The summed E-state index contributed by atoms with van der Waals surface area (Å²) in [7, 11) is 0. The van der Waals surface area contributed by atoms with Crippen LogP contribution in [0.15, 0.2) is 36.4 Å². The second-order valence-electron chi connectivity index (χ2n) is 6.31. The number of alkyl halides is 1. The van der Waals surface area contributed by atoms with Crippen LogP contribution in [0, 0.1) is 0 Å². The minimum absolute atomic E-state index is 0.222. The fourth-order valence-corrected chi connectivity index (χ4v) is 4.51. The highest BCUT2D eigenvalue weighted by Crippen LogP contribution is 2.47. The Morgan fingerprint density at radius 1 is 1.20 bits per heavy atom. The third kappa shape index (κ3) is 2.53. The number of para-hydroxylation sites is 1. The van der Waals surface area contributed by atoms with Crippen LogP contribution in [0.1, 0.15) is 46.8 Å². The van der Waals surface area contributed by atoms with Gasteiger partial charge in [-0.2, -0.15) is 0 Å². The molecule has 1 nitrogen and oxygen atoms in total. The number of hydrogen-bond donors (Lipinski definition) is 0. The highest BCUT2D eigenvalue weighted by Gasteiger charge is 2.32. The van der Waals surface area contributed by atoms with Crippen molar-refractivity contribution < 1.29 is 4.74 Å². The molecule has 0 saturated heterocycles. The van der Waals surface area contributed by atoms with Gasteiger partial charge < -0.3 is 4.74 Å². The highest BCUT2D eigenvalue weighted by molar-refractivity contribution is 9.09. The summed E-state index contributed by atoms with van der Waals surface area (Å²) >= 11 is 5.80. The van der Waals surface area contributed by atoms with E-state index in [-0.39, 0.29) is 5.41 Å². The van der Waals surface area contributed by atoms with Gasteiger partial charge in [0, 0.05) is 21.2 Å². The van der Waals surface area contributed by atoms with E-state index in [0.29, 0.717) is 10.7 Å². The largest absolute Gasteiger partial charge is 0.493 e. The Balaban J connectivity index is 1.87. The van der Waals surface area contributed by atoms with E-state index in [2.05, 4.69) is 67.0 Å². The monoisotopic (exact) mass is 350 g/mol. The standard InChI is InChI=1S/C17H19BrOS/c1-17(2,3)15-9-8-14(20-15)16(18)12-10-19-13-7-5-4-6-11(12)13/h4-9,12,16H,10H2,1-3H3.